The number of likely N-dealkylation sites (tertiary alicyclic amines) is 1. The Morgan fingerprint density at radius 2 is 1.71 bits per heavy atom. The Hall–Kier alpha value is -1.35. The van der Waals surface area contributed by atoms with Crippen molar-refractivity contribution in [1.82, 2.24) is 20.0 Å². The Morgan fingerprint density at radius 1 is 1.04 bits per heavy atom. The molecule has 1 aromatic carbocycles. The minimum absolute atomic E-state index is 0. The molecule has 6 nitrogen and oxygen atoms in total. The van der Waals surface area contributed by atoms with Gasteiger partial charge < -0.3 is 15.1 Å². The van der Waals surface area contributed by atoms with E-state index in [1.165, 1.54) is 12.0 Å². The SMILES string of the molecule is CN=C(NC1CC1c1ccccc1)N1CCN(CC(=O)N2CCCC2)CC1.I. The Balaban J connectivity index is 0.00000225. The van der Waals surface area contributed by atoms with Gasteiger partial charge in [0.15, 0.2) is 5.96 Å². The fraction of sp³-hybridized carbons (Fsp3) is 0.619. The number of nitrogens with zero attached hydrogens (tertiary/aromatic N) is 4. The molecule has 2 unspecified atom stereocenters. The zero-order valence-electron chi connectivity index (χ0n) is 16.7. The molecule has 0 bridgehead atoms. The highest BCUT2D eigenvalue weighted by Gasteiger charge is 2.39. The molecule has 1 amide bonds. The predicted molar refractivity (Wildman–Crippen MR) is 123 cm³/mol. The monoisotopic (exact) mass is 497 g/mol. The third-order valence-corrected chi connectivity index (χ3v) is 6.03. The minimum Gasteiger partial charge on any atom is -0.353 e. The second-order valence-electron chi connectivity index (χ2n) is 7.90. The van der Waals surface area contributed by atoms with Gasteiger partial charge in [-0.05, 0) is 24.8 Å². The zero-order valence-corrected chi connectivity index (χ0v) is 19.0. The summed E-state index contributed by atoms with van der Waals surface area (Å²) in [5.41, 5.74) is 1.41. The molecule has 3 aliphatic rings. The quantitative estimate of drug-likeness (QED) is 0.393. The summed E-state index contributed by atoms with van der Waals surface area (Å²) in [7, 11) is 1.87. The summed E-state index contributed by atoms with van der Waals surface area (Å²) in [6, 6.07) is 11.2. The molecule has 0 radical (unpaired) electrons. The van der Waals surface area contributed by atoms with Crippen LogP contribution in [0.3, 0.4) is 0 Å². The van der Waals surface area contributed by atoms with E-state index < -0.39 is 0 Å². The van der Waals surface area contributed by atoms with Crippen LogP contribution < -0.4 is 5.32 Å². The maximum atomic E-state index is 12.3. The second kappa shape index (κ2) is 9.91. The molecule has 2 aliphatic heterocycles. The van der Waals surface area contributed by atoms with Gasteiger partial charge in [0.1, 0.15) is 0 Å². The number of amides is 1. The second-order valence-corrected chi connectivity index (χ2v) is 7.90. The molecule has 28 heavy (non-hydrogen) atoms. The number of carbonyl (C=O) groups excluding carboxylic acids is 1. The summed E-state index contributed by atoms with van der Waals surface area (Å²) in [6.07, 6.45) is 3.49. The molecular formula is C21H32IN5O. The van der Waals surface area contributed by atoms with E-state index in [9.17, 15) is 4.79 Å². The van der Waals surface area contributed by atoms with Gasteiger partial charge in [0.25, 0.3) is 0 Å². The summed E-state index contributed by atoms with van der Waals surface area (Å²) < 4.78 is 0. The molecule has 1 aromatic rings. The lowest BCUT2D eigenvalue weighted by atomic mass is 10.1. The summed E-state index contributed by atoms with van der Waals surface area (Å²) in [4.78, 5) is 23.5. The third kappa shape index (κ3) is 5.17. The largest absolute Gasteiger partial charge is 0.353 e. The van der Waals surface area contributed by atoms with Crippen LogP contribution >= 0.6 is 24.0 Å². The molecule has 2 atom stereocenters. The molecule has 0 aromatic heterocycles. The molecule has 1 saturated carbocycles. The van der Waals surface area contributed by atoms with Crippen molar-refractivity contribution >= 4 is 35.8 Å². The number of nitrogens with one attached hydrogen (secondary N) is 1. The number of aliphatic imine (C=N–C) groups is 1. The molecule has 3 fully saturated rings. The maximum absolute atomic E-state index is 12.3. The molecule has 4 rings (SSSR count). The van der Waals surface area contributed by atoms with Crippen molar-refractivity contribution in [3.63, 3.8) is 0 Å². The average Bonchev–Trinajstić information content (AvgIpc) is 3.25. The summed E-state index contributed by atoms with van der Waals surface area (Å²) in [6.45, 7) is 6.16. The van der Waals surface area contributed by atoms with Gasteiger partial charge in [0, 0.05) is 58.3 Å². The molecule has 1 N–H and O–H groups in total. The lowest BCUT2D eigenvalue weighted by Crippen LogP contribution is -2.54. The Labute approximate surface area is 185 Å². The smallest absolute Gasteiger partial charge is 0.236 e. The number of benzene rings is 1. The van der Waals surface area contributed by atoms with Crippen molar-refractivity contribution < 1.29 is 4.79 Å². The number of guanidine groups is 1. The van der Waals surface area contributed by atoms with Crippen LogP contribution in [-0.4, -0.2) is 85.5 Å². The van der Waals surface area contributed by atoms with Gasteiger partial charge in [-0.2, -0.15) is 0 Å². The van der Waals surface area contributed by atoms with E-state index in [1.807, 2.05) is 11.9 Å². The predicted octanol–water partition coefficient (Wildman–Crippen LogP) is 1.98. The van der Waals surface area contributed by atoms with Crippen LogP contribution in [0, 0.1) is 0 Å². The normalized spacial score (nSPS) is 25.4. The van der Waals surface area contributed by atoms with Crippen LogP contribution in [0.2, 0.25) is 0 Å². The van der Waals surface area contributed by atoms with Crippen LogP contribution in [0.1, 0.15) is 30.7 Å². The maximum Gasteiger partial charge on any atom is 0.236 e. The lowest BCUT2D eigenvalue weighted by molar-refractivity contribution is -0.131. The van der Waals surface area contributed by atoms with Gasteiger partial charge in [-0.15, -0.1) is 24.0 Å². The Kier molecular flexibility index (Phi) is 7.56. The number of piperazine rings is 1. The van der Waals surface area contributed by atoms with Crippen LogP contribution in [-0.2, 0) is 4.79 Å². The highest BCUT2D eigenvalue weighted by molar-refractivity contribution is 14.0. The number of rotatable bonds is 4. The van der Waals surface area contributed by atoms with Crippen molar-refractivity contribution in [3.8, 4) is 0 Å². The number of halogens is 1. The first-order chi connectivity index (χ1) is 13.2. The van der Waals surface area contributed by atoms with Gasteiger partial charge in [-0.3, -0.25) is 14.7 Å². The lowest BCUT2D eigenvalue weighted by Gasteiger charge is -2.36. The van der Waals surface area contributed by atoms with E-state index in [4.69, 9.17) is 0 Å². The van der Waals surface area contributed by atoms with Crippen LogP contribution in [0.4, 0.5) is 0 Å². The standard InChI is InChI=1S/C21H31N5O.HI/c1-22-21(23-19-15-18(19)17-7-3-2-4-8-17)26-13-11-24(12-14-26)16-20(27)25-9-5-6-10-25;/h2-4,7-8,18-19H,5-6,9-16H2,1H3,(H,22,23);1H. The van der Waals surface area contributed by atoms with Gasteiger partial charge in [0.05, 0.1) is 6.54 Å². The van der Waals surface area contributed by atoms with Crippen molar-refractivity contribution in [3.05, 3.63) is 35.9 Å². The molecule has 0 spiro atoms. The Bertz CT molecular complexity index is 669. The fourth-order valence-electron chi connectivity index (χ4n) is 4.26. The van der Waals surface area contributed by atoms with Gasteiger partial charge in [0.2, 0.25) is 5.91 Å². The van der Waals surface area contributed by atoms with Crippen molar-refractivity contribution in [2.24, 2.45) is 4.99 Å². The van der Waals surface area contributed by atoms with E-state index in [0.717, 1.165) is 58.1 Å². The van der Waals surface area contributed by atoms with Crippen LogP contribution in [0.5, 0.6) is 0 Å². The number of carbonyl (C=O) groups is 1. The molecule has 2 heterocycles. The molecular weight excluding hydrogens is 465 g/mol. The Morgan fingerprint density at radius 3 is 2.36 bits per heavy atom. The third-order valence-electron chi connectivity index (χ3n) is 6.03. The molecule has 7 heteroatoms. The van der Waals surface area contributed by atoms with E-state index in [0.29, 0.717) is 24.4 Å². The van der Waals surface area contributed by atoms with E-state index >= 15 is 0 Å². The summed E-state index contributed by atoms with van der Waals surface area (Å²) in [5, 5.41) is 3.64. The van der Waals surface area contributed by atoms with Gasteiger partial charge in [-0.25, -0.2) is 0 Å². The van der Waals surface area contributed by atoms with Crippen molar-refractivity contribution in [2.75, 3.05) is 52.9 Å². The molecule has 2 saturated heterocycles. The van der Waals surface area contributed by atoms with E-state index in [-0.39, 0.29) is 24.0 Å². The summed E-state index contributed by atoms with van der Waals surface area (Å²) in [5.74, 6) is 1.90. The van der Waals surface area contributed by atoms with Gasteiger partial charge in [-0.1, -0.05) is 30.3 Å². The fourth-order valence-corrected chi connectivity index (χ4v) is 4.26. The average molecular weight is 497 g/mol. The first-order valence-corrected chi connectivity index (χ1v) is 10.3. The van der Waals surface area contributed by atoms with Crippen molar-refractivity contribution in [2.45, 2.75) is 31.2 Å². The number of hydrogen-bond donors (Lipinski definition) is 1. The van der Waals surface area contributed by atoms with E-state index in [2.05, 4.69) is 50.4 Å². The topological polar surface area (TPSA) is 51.2 Å². The molecule has 154 valence electrons. The first kappa shape index (κ1) is 21.4. The van der Waals surface area contributed by atoms with Crippen molar-refractivity contribution in [1.29, 1.82) is 0 Å². The first-order valence-electron chi connectivity index (χ1n) is 10.3. The van der Waals surface area contributed by atoms with Crippen LogP contribution in [0.25, 0.3) is 0 Å². The number of hydrogen-bond acceptors (Lipinski definition) is 3. The zero-order chi connectivity index (χ0) is 18.6. The minimum atomic E-state index is 0. The summed E-state index contributed by atoms with van der Waals surface area (Å²) >= 11 is 0. The van der Waals surface area contributed by atoms with Crippen LogP contribution in [0.15, 0.2) is 35.3 Å². The van der Waals surface area contributed by atoms with E-state index in [1.54, 1.807) is 0 Å². The highest BCUT2D eigenvalue weighted by atomic mass is 127. The van der Waals surface area contributed by atoms with Gasteiger partial charge >= 0.3 is 0 Å². The highest BCUT2D eigenvalue weighted by Crippen LogP contribution is 2.40. The molecule has 1 aliphatic carbocycles.